The van der Waals surface area contributed by atoms with Gasteiger partial charge in [0.1, 0.15) is 12.2 Å². The maximum atomic E-state index is 12.7. The van der Waals surface area contributed by atoms with Crippen molar-refractivity contribution in [1.29, 1.82) is 0 Å². The number of ether oxygens (including phenoxy) is 2. The van der Waals surface area contributed by atoms with Gasteiger partial charge in [-0.3, -0.25) is 9.59 Å². The molecule has 2 fully saturated rings. The first-order valence-electron chi connectivity index (χ1n) is 10.0. The lowest BCUT2D eigenvalue weighted by molar-refractivity contribution is -0.172. The van der Waals surface area contributed by atoms with Crippen molar-refractivity contribution < 1.29 is 19.1 Å². The smallest absolute Gasteiger partial charge is 0.320 e. The first kappa shape index (κ1) is 19.3. The number of hydrogen-bond donors (Lipinski definition) is 0. The van der Waals surface area contributed by atoms with Crippen LogP contribution in [0.15, 0.2) is 0 Å². The van der Waals surface area contributed by atoms with E-state index in [9.17, 15) is 9.59 Å². The molecule has 2 aliphatic carbocycles. The molecule has 24 heavy (non-hydrogen) atoms. The lowest BCUT2D eigenvalue weighted by atomic mass is 9.89. The molecule has 2 aliphatic rings. The summed E-state index contributed by atoms with van der Waals surface area (Å²) in [6, 6.07) is 0. The topological polar surface area (TPSA) is 52.6 Å². The third-order valence-electron chi connectivity index (χ3n) is 5.49. The molecule has 0 saturated heterocycles. The fraction of sp³-hybridized carbons (Fsp3) is 0.900. The van der Waals surface area contributed by atoms with Crippen LogP contribution in [0.3, 0.4) is 0 Å². The summed E-state index contributed by atoms with van der Waals surface area (Å²) >= 11 is 0. The van der Waals surface area contributed by atoms with Gasteiger partial charge in [0.15, 0.2) is 5.92 Å². The molecule has 0 amide bonds. The number of rotatable bonds is 7. The van der Waals surface area contributed by atoms with E-state index in [0.717, 1.165) is 64.2 Å². The number of hydrogen-bond acceptors (Lipinski definition) is 4. The molecule has 0 aromatic carbocycles. The highest BCUT2D eigenvalue weighted by atomic mass is 16.6. The van der Waals surface area contributed by atoms with E-state index in [1.54, 1.807) is 0 Å². The van der Waals surface area contributed by atoms with Crippen molar-refractivity contribution in [2.24, 2.45) is 11.8 Å². The van der Waals surface area contributed by atoms with Crippen LogP contribution in [-0.2, 0) is 19.1 Å². The van der Waals surface area contributed by atoms with Crippen LogP contribution in [0.1, 0.15) is 90.9 Å². The summed E-state index contributed by atoms with van der Waals surface area (Å²) in [5, 5.41) is 0. The van der Waals surface area contributed by atoms with E-state index in [1.807, 2.05) is 6.92 Å². The Morgan fingerprint density at radius 3 is 1.62 bits per heavy atom. The Hall–Kier alpha value is -1.06. The molecule has 1 unspecified atom stereocenters. The summed E-state index contributed by atoms with van der Waals surface area (Å²) in [7, 11) is 0. The van der Waals surface area contributed by atoms with Gasteiger partial charge in [0.05, 0.1) is 0 Å². The van der Waals surface area contributed by atoms with E-state index in [0.29, 0.717) is 0 Å². The van der Waals surface area contributed by atoms with Gasteiger partial charge in [0.2, 0.25) is 0 Å². The minimum absolute atomic E-state index is 0.00921. The van der Waals surface area contributed by atoms with Crippen LogP contribution in [0.25, 0.3) is 0 Å². The summed E-state index contributed by atoms with van der Waals surface area (Å²) < 4.78 is 11.4. The third kappa shape index (κ3) is 5.78. The van der Waals surface area contributed by atoms with E-state index in [1.165, 1.54) is 12.8 Å². The highest BCUT2D eigenvalue weighted by Crippen LogP contribution is 2.27. The molecule has 0 N–H and O–H groups in total. The molecular weight excluding hydrogens is 304 g/mol. The lowest BCUT2D eigenvalue weighted by Crippen LogP contribution is -2.37. The second kappa shape index (κ2) is 10.0. The Balaban J connectivity index is 1.96. The minimum Gasteiger partial charge on any atom is -0.462 e. The zero-order chi connectivity index (χ0) is 17.4. The summed E-state index contributed by atoms with van der Waals surface area (Å²) in [6.07, 6.45) is 12.4. The van der Waals surface area contributed by atoms with Crippen LogP contribution in [0.2, 0.25) is 0 Å². The normalized spacial score (nSPS) is 21.5. The van der Waals surface area contributed by atoms with E-state index in [4.69, 9.17) is 9.47 Å². The predicted octanol–water partition coefficient (Wildman–Crippen LogP) is 4.79. The summed E-state index contributed by atoms with van der Waals surface area (Å²) in [5.41, 5.74) is 0. The molecule has 2 saturated carbocycles. The summed E-state index contributed by atoms with van der Waals surface area (Å²) in [4.78, 5) is 25.4. The SMILES string of the molecule is CCCC(C)C(C(=O)OC1CCCCC1)C(=O)OC1CCCCC1. The number of carbonyl (C=O) groups is 2. The average molecular weight is 338 g/mol. The van der Waals surface area contributed by atoms with Crippen molar-refractivity contribution in [2.75, 3.05) is 0 Å². The maximum absolute atomic E-state index is 12.7. The molecule has 138 valence electrons. The van der Waals surface area contributed by atoms with Gasteiger partial charge in [-0.15, -0.1) is 0 Å². The molecule has 0 heterocycles. The minimum atomic E-state index is -0.756. The first-order valence-corrected chi connectivity index (χ1v) is 10.0. The maximum Gasteiger partial charge on any atom is 0.320 e. The molecule has 2 rings (SSSR count). The van der Waals surface area contributed by atoms with E-state index < -0.39 is 5.92 Å². The van der Waals surface area contributed by atoms with E-state index >= 15 is 0 Å². The molecule has 0 aliphatic heterocycles. The molecule has 1 atom stereocenters. The Morgan fingerprint density at radius 2 is 1.25 bits per heavy atom. The van der Waals surface area contributed by atoms with Crippen LogP contribution in [0.4, 0.5) is 0 Å². The zero-order valence-electron chi connectivity index (χ0n) is 15.4. The van der Waals surface area contributed by atoms with Gasteiger partial charge in [0, 0.05) is 0 Å². The fourth-order valence-corrected chi connectivity index (χ4v) is 4.02. The van der Waals surface area contributed by atoms with Gasteiger partial charge in [-0.05, 0) is 63.7 Å². The lowest BCUT2D eigenvalue weighted by Gasteiger charge is -2.28. The van der Waals surface area contributed by atoms with Crippen molar-refractivity contribution in [3.05, 3.63) is 0 Å². The van der Waals surface area contributed by atoms with Gasteiger partial charge < -0.3 is 9.47 Å². The fourth-order valence-electron chi connectivity index (χ4n) is 4.02. The Labute approximate surface area is 146 Å². The highest BCUT2D eigenvalue weighted by molar-refractivity contribution is 5.95. The number of esters is 2. The predicted molar refractivity (Wildman–Crippen MR) is 93.5 cm³/mol. The van der Waals surface area contributed by atoms with Crippen LogP contribution < -0.4 is 0 Å². The molecule has 0 radical (unpaired) electrons. The highest BCUT2D eigenvalue weighted by Gasteiger charge is 2.37. The molecule has 4 heteroatoms. The largest absolute Gasteiger partial charge is 0.462 e. The summed E-state index contributed by atoms with van der Waals surface area (Å²) in [5.74, 6) is -1.50. The molecule has 0 spiro atoms. The molecular formula is C20H34O4. The number of carbonyl (C=O) groups excluding carboxylic acids is 2. The van der Waals surface area contributed by atoms with Crippen LogP contribution in [0.5, 0.6) is 0 Å². The van der Waals surface area contributed by atoms with Crippen molar-refractivity contribution in [1.82, 2.24) is 0 Å². The van der Waals surface area contributed by atoms with Gasteiger partial charge in [-0.2, -0.15) is 0 Å². The standard InChI is InChI=1S/C20H34O4/c1-3-10-15(2)18(19(21)23-16-11-6-4-7-12-16)20(22)24-17-13-8-5-9-14-17/h15-18H,3-14H2,1-2H3. The van der Waals surface area contributed by atoms with Gasteiger partial charge in [-0.1, -0.05) is 33.1 Å². The van der Waals surface area contributed by atoms with Crippen molar-refractivity contribution in [3.63, 3.8) is 0 Å². The van der Waals surface area contributed by atoms with Gasteiger partial charge in [0.25, 0.3) is 0 Å². The quantitative estimate of drug-likeness (QED) is 0.495. The Kier molecular flexibility index (Phi) is 8.07. The zero-order valence-corrected chi connectivity index (χ0v) is 15.4. The summed E-state index contributed by atoms with van der Waals surface area (Å²) in [6.45, 7) is 4.05. The van der Waals surface area contributed by atoms with E-state index in [2.05, 4.69) is 6.92 Å². The van der Waals surface area contributed by atoms with Crippen molar-refractivity contribution in [2.45, 2.75) is 103 Å². The van der Waals surface area contributed by atoms with E-state index in [-0.39, 0.29) is 30.1 Å². The van der Waals surface area contributed by atoms with Crippen molar-refractivity contribution in [3.8, 4) is 0 Å². The average Bonchev–Trinajstić information content (AvgIpc) is 2.57. The first-order chi connectivity index (χ1) is 11.6. The Bertz CT molecular complexity index is 362. The van der Waals surface area contributed by atoms with Gasteiger partial charge >= 0.3 is 11.9 Å². The van der Waals surface area contributed by atoms with Crippen LogP contribution in [-0.4, -0.2) is 24.1 Å². The van der Waals surface area contributed by atoms with Crippen LogP contribution in [0, 0.1) is 11.8 Å². The molecule has 4 nitrogen and oxygen atoms in total. The second-order valence-corrected chi connectivity index (χ2v) is 7.64. The van der Waals surface area contributed by atoms with Crippen LogP contribution >= 0.6 is 0 Å². The third-order valence-corrected chi connectivity index (χ3v) is 5.49. The monoisotopic (exact) mass is 338 g/mol. The molecule has 0 bridgehead atoms. The molecule has 0 aromatic heterocycles. The second-order valence-electron chi connectivity index (χ2n) is 7.64. The Morgan fingerprint density at radius 1 is 0.833 bits per heavy atom. The van der Waals surface area contributed by atoms with Gasteiger partial charge in [-0.25, -0.2) is 0 Å². The van der Waals surface area contributed by atoms with Crippen molar-refractivity contribution >= 4 is 11.9 Å². The molecule has 0 aromatic rings.